The van der Waals surface area contributed by atoms with Crippen LogP contribution in [0.15, 0.2) is 47.3 Å². The zero-order valence-corrected chi connectivity index (χ0v) is 18.5. The minimum atomic E-state index is -0.271. The van der Waals surface area contributed by atoms with E-state index in [2.05, 4.69) is 10.2 Å². The van der Waals surface area contributed by atoms with E-state index < -0.39 is 0 Å². The number of nitrogens with zero attached hydrogens (tertiary/aromatic N) is 3. The number of nitrogens with one attached hydrogen (secondary N) is 1. The Labute approximate surface area is 186 Å². The van der Waals surface area contributed by atoms with Gasteiger partial charge in [0.2, 0.25) is 11.9 Å². The topological polar surface area (TPSA) is 85.7 Å². The van der Waals surface area contributed by atoms with Crippen LogP contribution < -0.4 is 25.2 Å². The molecule has 168 valence electrons. The van der Waals surface area contributed by atoms with Crippen molar-refractivity contribution < 1.29 is 14.3 Å². The molecule has 1 N–H and O–H groups in total. The highest BCUT2D eigenvalue weighted by molar-refractivity contribution is 5.80. The molecule has 0 bridgehead atoms. The lowest BCUT2D eigenvalue weighted by Gasteiger charge is -2.29. The summed E-state index contributed by atoms with van der Waals surface area (Å²) in [6, 6.07) is 12.7. The molecule has 1 aliphatic rings. The third-order valence-electron chi connectivity index (χ3n) is 5.75. The van der Waals surface area contributed by atoms with E-state index in [1.807, 2.05) is 24.3 Å². The fourth-order valence-electron chi connectivity index (χ4n) is 4.05. The van der Waals surface area contributed by atoms with Gasteiger partial charge in [-0.3, -0.25) is 14.2 Å². The molecular formula is C24H28N4O4. The number of benzene rings is 2. The Hall–Kier alpha value is -3.55. The number of aromatic nitrogens is 2. The van der Waals surface area contributed by atoms with Crippen LogP contribution >= 0.6 is 0 Å². The third kappa shape index (κ3) is 4.54. The Bertz CT molecular complexity index is 1170. The first-order chi connectivity index (χ1) is 15.6. The van der Waals surface area contributed by atoms with Crippen molar-refractivity contribution >= 4 is 22.8 Å². The Kier molecular flexibility index (Phi) is 6.58. The van der Waals surface area contributed by atoms with E-state index in [-0.39, 0.29) is 24.6 Å². The van der Waals surface area contributed by atoms with Crippen LogP contribution in [0.4, 0.5) is 5.95 Å². The van der Waals surface area contributed by atoms with Crippen LogP contribution in [0.2, 0.25) is 0 Å². The van der Waals surface area contributed by atoms with Gasteiger partial charge < -0.3 is 19.7 Å². The molecule has 0 radical (unpaired) electrons. The number of anilines is 1. The summed E-state index contributed by atoms with van der Waals surface area (Å²) in [7, 11) is 3.17. The first-order valence-electron chi connectivity index (χ1n) is 10.8. The maximum atomic E-state index is 13.3. The molecule has 1 aliphatic heterocycles. The quantitative estimate of drug-likeness (QED) is 0.613. The molecule has 8 nitrogen and oxygen atoms in total. The number of carbonyl (C=O) groups is 1. The number of rotatable bonds is 7. The molecule has 4 rings (SSSR count). The lowest BCUT2D eigenvalue weighted by atomic mass is 10.1. The van der Waals surface area contributed by atoms with E-state index >= 15 is 0 Å². The van der Waals surface area contributed by atoms with Crippen molar-refractivity contribution in [2.45, 2.75) is 32.4 Å². The highest BCUT2D eigenvalue weighted by Gasteiger charge is 2.20. The van der Waals surface area contributed by atoms with Crippen molar-refractivity contribution in [3.05, 3.63) is 58.4 Å². The number of amides is 1. The van der Waals surface area contributed by atoms with Crippen LogP contribution in [-0.4, -0.2) is 42.8 Å². The summed E-state index contributed by atoms with van der Waals surface area (Å²) in [6.07, 6.45) is 3.26. The number of para-hydroxylation sites is 1. The predicted molar refractivity (Wildman–Crippen MR) is 123 cm³/mol. The number of methoxy groups -OCH3 is 2. The molecule has 8 heteroatoms. The molecule has 0 spiro atoms. The van der Waals surface area contributed by atoms with Crippen LogP contribution in [0, 0.1) is 0 Å². The predicted octanol–water partition coefficient (Wildman–Crippen LogP) is 2.72. The first kappa shape index (κ1) is 21.7. The van der Waals surface area contributed by atoms with Gasteiger partial charge in [-0.1, -0.05) is 12.1 Å². The van der Waals surface area contributed by atoms with Crippen molar-refractivity contribution in [1.29, 1.82) is 0 Å². The highest BCUT2D eigenvalue weighted by Crippen LogP contribution is 2.24. The zero-order valence-electron chi connectivity index (χ0n) is 18.5. The van der Waals surface area contributed by atoms with Gasteiger partial charge in [-0.15, -0.1) is 0 Å². The fraction of sp³-hybridized carbons (Fsp3) is 0.375. The highest BCUT2D eigenvalue weighted by atomic mass is 16.5. The van der Waals surface area contributed by atoms with E-state index in [0.29, 0.717) is 28.4 Å². The maximum absolute atomic E-state index is 13.3. The van der Waals surface area contributed by atoms with E-state index in [1.165, 1.54) is 4.57 Å². The lowest BCUT2D eigenvalue weighted by molar-refractivity contribution is -0.121. The summed E-state index contributed by atoms with van der Waals surface area (Å²) >= 11 is 0. The molecule has 1 saturated heterocycles. The number of ether oxygens (including phenoxy) is 2. The number of hydrogen-bond donors (Lipinski definition) is 1. The van der Waals surface area contributed by atoms with Gasteiger partial charge in [0.15, 0.2) is 0 Å². The molecular weight excluding hydrogens is 408 g/mol. The minimum Gasteiger partial charge on any atom is -0.497 e. The molecule has 0 unspecified atom stereocenters. The summed E-state index contributed by atoms with van der Waals surface area (Å²) in [4.78, 5) is 33.0. The van der Waals surface area contributed by atoms with Gasteiger partial charge in [0.25, 0.3) is 5.56 Å². The minimum absolute atomic E-state index is 0.102. The molecule has 0 aliphatic carbocycles. The van der Waals surface area contributed by atoms with Crippen LogP contribution in [0.1, 0.15) is 24.8 Å². The van der Waals surface area contributed by atoms with Crippen LogP contribution in [0.25, 0.3) is 10.9 Å². The number of piperidine rings is 1. The fourth-order valence-corrected chi connectivity index (χ4v) is 4.05. The van der Waals surface area contributed by atoms with Gasteiger partial charge in [0.1, 0.15) is 18.0 Å². The second-order valence-electron chi connectivity index (χ2n) is 7.82. The summed E-state index contributed by atoms with van der Waals surface area (Å²) in [5, 5.41) is 3.41. The Morgan fingerprint density at radius 1 is 1.06 bits per heavy atom. The monoisotopic (exact) mass is 436 g/mol. The van der Waals surface area contributed by atoms with E-state index in [1.54, 1.807) is 32.4 Å². The molecule has 0 atom stereocenters. The van der Waals surface area contributed by atoms with Gasteiger partial charge >= 0.3 is 0 Å². The average Bonchev–Trinajstić information content (AvgIpc) is 2.84. The van der Waals surface area contributed by atoms with Crippen molar-refractivity contribution in [1.82, 2.24) is 14.9 Å². The van der Waals surface area contributed by atoms with Crippen molar-refractivity contribution in [3.8, 4) is 11.5 Å². The lowest BCUT2D eigenvalue weighted by Crippen LogP contribution is -2.39. The normalized spacial score (nSPS) is 13.8. The summed E-state index contributed by atoms with van der Waals surface area (Å²) in [5.41, 5.74) is 1.24. The maximum Gasteiger partial charge on any atom is 0.263 e. The molecule has 1 fully saturated rings. The van der Waals surface area contributed by atoms with Gasteiger partial charge in [-0.2, -0.15) is 0 Å². The Morgan fingerprint density at radius 2 is 1.84 bits per heavy atom. The molecule has 0 saturated carbocycles. The average molecular weight is 437 g/mol. The molecule has 32 heavy (non-hydrogen) atoms. The smallest absolute Gasteiger partial charge is 0.263 e. The van der Waals surface area contributed by atoms with Crippen LogP contribution in [-0.2, 0) is 17.9 Å². The van der Waals surface area contributed by atoms with Gasteiger partial charge in [0.05, 0.1) is 25.1 Å². The van der Waals surface area contributed by atoms with E-state index in [0.717, 1.165) is 37.9 Å². The summed E-state index contributed by atoms with van der Waals surface area (Å²) in [6.45, 7) is 1.81. The first-order valence-corrected chi connectivity index (χ1v) is 10.8. The van der Waals surface area contributed by atoms with Gasteiger partial charge in [-0.05, 0) is 49.6 Å². The van der Waals surface area contributed by atoms with Gasteiger partial charge in [-0.25, -0.2) is 4.98 Å². The SMILES string of the molecule is COc1ccc(OC)c(CNC(=O)Cn2c(N3CCCCC3)nc3ccccc3c2=O)c1. The second kappa shape index (κ2) is 9.72. The Morgan fingerprint density at radius 3 is 2.59 bits per heavy atom. The standard InChI is InChI=1S/C24H28N4O4/c1-31-18-10-11-21(32-2)17(14-18)15-25-22(29)16-28-23(30)19-8-4-5-9-20(19)26-24(28)27-12-6-3-7-13-27/h4-5,8-11,14H,3,6-7,12-13,15-16H2,1-2H3,(H,25,29). The number of hydrogen-bond acceptors (Lipinski definition) is 6. The van der Waals surface area contributed by atoms with Crippen molar-refractivity contribution in [3.63, 3.8) is 0 Å². The second-order valence-corrected chi connectivity index (χ2v) is 7.82. The Balaban J connectivity index is 1.60. The molecule has 1 amide bonds. The van der Waals surface area contributed by atoms with Crippen molar-refractivity contribution in [2.75, 3.05) is 32.2 Å². The summed E-state index contributed by atoms with van der Waals surface area (Å²) < 4.78 is 12.1. The molecule has 3 aromatic rings. The van der Waals surface area contributed by atoms with E-state index in [9.17, 15) is 9.59 Å². The molecule has 1 aromatic heterocycles. The third-order valence-corrected chi connectivity index (χ3v) is 5.75. The number of carbonyl (C=O) groups excluding carboxylic acids is 1. The van der Waals surface area contributed by atoms with Crippen molar-refractivity contribution in [2.24, 2.45) is 0 Å². The van der Waals surface area contributed by atoms with Gasteiger partial charge in [0, 0.05) is 25.2 Å². The summed E-state index contributed by atoms with van der Waals surface area (Å²) in [5.74, 6) is 1.62. The molecule has 2 aromatic carbocycles. The number of fused-ring (bicyclic) bond motifs is 1. The van der Waals surface area contributed by atoms with E-state index in [4.69, 9.17) is 14.5 Å². The molecule has 2 heterocycles. The van der Waals surface area contributed by atoms with Crippen LogP contribution in [0.3, 0.4) is 0 Å². The van der Waals surface area contributed by atoms with Crippen LogP contribution in [0.5, 0.6) is 11.5 Å². The zero-order chi connectivity index (χ0) is 22.5. The largest absolute Gasteiger partial charge is 0.497 e.